The number of β-lactam (4-membered cyclic amide) rings is 1. The molecule has 1 saturated heterocycles. The molecule has 1 aromatic carbocycles. The molecule has 1 heterocycles. The summed E-state index contributed by atoms with van der Waals surface area (Å²) in [6, 6.07) is 8.44. The lowest BCUT2D eigenvalue weighted by Gasteiger charge is -2.44. The van der Waals surface area contributed by atoms with Crippen LogP contribution in [-0.2, 0) is 25.7 Å². The van der Waals surface area contributed by atoms with Gasteiger partial charge >= 0.3 is 6.09 Å². The molecule has 23 heavy (non-hydrogen) atoms. The maximum absolute atomic E-state index is 12.0. The van der Waals surface area contributed by atoms with Gasteiger partial charge in [0.05, 0.1) is 12.6 Å². The summed E-state index contributed by atoms with van der Waals surface area (Å²) >= 11 is 0. The lowest BCUT2D eigenvalue weighted by atomic mass is 10.0. The Morgan fingerprint density at radius 2 is 2.04 bits per heavy atom. The number of hydrogen-bond donors (Lipinski definition) is 1. The Balaban J connectivity index is 1.75. The third-order valence-corrected chi connectivity index (χ3v) is 3.52. The van der Waals surface area contributed by atoms with Gasteiger partial charge in [-0.15, -0.1) is 0 Å². The van der Waals surface area contributed by atoms with Crippen molar-refractivity contribution < 1.29 is 23.9 Å². The summed E-state index contributed by atoms with van der Waals surface area (Å²) in [7, 11) is 1.56. The van der Waals surface area contributed by atoms with Crippen molar-refractivity contribution in [1.29, 1.82) is 0 Å². The summed E-state index contributed by atoms with van der Waals surface area (Å²) in [4.78, 5) is 29.2. The van der Waals surface area contributed by atoms with Gasteiger partial charge in [0.15, 0.2) is 0 Å². The number of rotatable bonds is 7. The van der Waals surface area contributed by atoms with Crippen LogP contribution in [0.1, 0.15) is 19.4 Å². The first-order chi connectivity index (χ1) is 11.0. The normalized spacial score (nSPS) is 21.5. The molecular formula is C16H22N2O5. The molecule has 1 aliphatic heterocycles. The fourth-order valence-electron chi connectivity index (χ4n) is 2.28. The van der Waals surface area contributed by atoms with Gasteiger partial charge in [-0.3, -0.25) is 9.63 Å². The van der Waals surface area contributed by atoms with Gasteiger partial charge in [0.25, 0.3) is 5.91 Å². The van der Waals surface area contributed by atoms with Crippen LogP contribution < -0.4 is 5.32 Å². The van der Waals surface area contributed by atoms with Crippen molar-refractivity contribution in [3.63, 3.8) is 0 Å². The molecule has 0 bridgehead atoms. The molecule has 1 aliphatic rings. The second kappa shape index (κ2) is 7.94. The Morgan fingerprint density at radius 1 is 1.35 bits per heavy atom. The number of alkyl carbamates (subject to hydrolysis) is 1. The summed E-state index contributed by atoms with van der Waals surface area (Å²) in [6.07, 6.45) is -0.860. The molecule has 126 valence electrons. The van der Waals surface area contributed by atoms with Crippen molar-refractivity contribution in [2.75, 3.05) is 13.7 Å². The number of benzene rings is 1. The van der Waals surface area contributed by atoms with Gasteiger partial charge in [-0.25, -0.2) is 9.86 Å². The number of carbonyl (C=O) groups is 2. The van der Waals surface area contributed by atoms with Crippen LogP contribution >= 0.6 is 0 Å². The first-order valence-corrected chi connectivity index (χ1v) is 7.49. The highest BCUT2D eigenvalue weighted by molar-refractivity contribution is 5.91. The first-order valence-electron chi connectivity index (χ1n) is 7.49. The van der Waals surface area contributed by atoms with Crippen LogP contribution in [0, 0.1) is 0 Å². The number of carbonyl (C=O) groups excluding carboxylic acids is 2. The largest absolute Gasteiger partial charge is 0.445 e. The third kappa shape index (κ3) is 4.43. The highest BCUT2D eigenvalue weighted by Gasteiger charge is 2.47. The predicted molar refractivity (Wildman–Crippen MR) is 82.3 cm³/mol. The van der Waals surface area contributed by atoms with E-state index in [2.05, 4.69) is 5.32 Å². The standard InChI is InChI=1S/C16H22N2O5/c1-11(9-21-3)23-18-12(2)14(15(18)19)17-16(20)22-10-13-7-5-4-6-8-13/h4-8,11-12,14H,9-10H2,1-3H3,(H,17,20)/t11?,12-,14+/m1/s1. The summed E-state index contributed by atoms with van der Waals surface area (Å²) < 4.78 is 10.1. The zero-order chi connectivity index (χ0) is 16.8. The summed E-state index contributed by atoms with van der Waals surface area (Å²) in [6.45, 7) is 4.14. The van der Waals surface area contributed by atoms with E-state index in [1.54, 1.807) is 21.0 Å². The van der Waals surface area contributed by atoms with Crippen LogP contribution in [0.3, 0.4) is 0 Å². The van der Waals surface area contributed by atoms with E-state index in [9.17, 15) is 9.59 Å². The molecule has 0 spiro atoms. The van der Waals surface area contributed by atoms with Crippen molar-refractivity contribution in [3.8, 4) is 0 Å². The molecule has 1 unspecified atom stereocenters. The van der Waals surface area contributed by atoms with Crippen molar-refractivity contribution in [2.45, 2.75) is 38.6 Å². The monoisotopic (exact) mass is 322 g/mol. The van der Waals surface area contributed by atoms with Crippen LogP contribution in [0.5, 0.6) is 0 Å². The Kier molecular flexibility index (Phi) is 5.95. The Hall–Kier alpha value is -2.12. The zero-order valence-electron chi connectivity index (χ0n) is 13.5. The van der Waals surface area contributed by atoms with Crippen molar-refractivity contribution in [1.82, 2.24) is 10.4 Å². The molecule has 0 aromatic heterocycles. The number of nitrogens with zero attached hydrogens (tertiary/aromatic N) is 1. The minimum Gasteiger partial charge on any atom is -0.445 e. The lowest BCUT2D eigenvalue weighted by molar-refractivity contribution is -0.253. The van der Waals surface area contributed by atoms with Crippen LogP contribution in [0.15, 0.2) is 30.3 Å². The van der Waals surface area contributed by atoms with Gasteiger partial charge in [-0.1, -0.05) is 30.3 Å². The van der Waals surface area contributed by atoms with E-state index in [0.717, 1.165) is 5.56 Å². The van der Waals surface area contributed by atoms with Gasteiger partial charge in [0.1, 0.15) is 18.8 Å². The first kappa shape index (κ1) is 17.2. The fraction of sp³-hybridized carbons (Fsp3) is 0.500. The number of hydroxylamine groups is 2. The number of methoxy groups -OCH3 is 1. The summed E-state index contributed by atoms with van der Waals surface area (Å²) in [5, 5.41) is 3.81. The molecule has 7 nitrogen and oxygen atoms in total. The van der Waals surface area contributed by atoms with E-state index in [-0.39, 0.29) is 24.7 Å². The molecule has 0 saturated carbocycles. The van der Waals surface area contributed by atoms with Gasteiger partial charge in [-0.2, -0.15) is 0 Å². The summed E-state index contributed by atoms with van der Waals surface area (Å²) in [5.41, 5.74) is 0.883. The van der Waals surface area contributed by atoms with E-state index in [1.165, 1.54) is 5.06 Å². The van der Waals surface area contributed by atoms with Crippen LogP contribution in [0.2, 0.25) is 0 Å². The Bertz CT molecular complexity index is 537. The van der Waals surface area contributed by atoms with Gasteiger partial charge < -0.3 is 14.8 Å². The van der Waals surface area contributed by atoms with E-state index in [0.29, 0.717) is 6.61 Å². The topological polar surface area (TPSA) is 77.1 Å². The predicted octanol–water partition coefficient (Wildman–Crippen LogP) is 1.48. The van der Waals surface area contributed by atoms with Gasteiger partial charge in [0, 0.05) is 7.11 Å². The molecule has 2 rings (SSSR count). The minimum absolute atomic E-state index is 0.160. The average molecular weight is 322 g/mol. The number of amides is 2. The molecule has 1 fully saturated rings. The third-order valence-electron chi connectivity index (χ3n) is 3.52. The quantitative estimate of drug-likeness (QED) is 0.770. The van der Waals surface area contributed by atoms with Crippen molar-refractivity contribution in [3.05, 3.63) is 35.9 Å². The van der Waals surface area contributed by atoms with Crippen LogP contribution in [0.4, 0.5) is 4.79 Å². The SMILES string of the molecule is COCC(C)ON1C(=O)[C@@H](NC(=O)OCc2ccccc2)[C@H]1C. The van der Waals surface area contributed by atoms with Gasteiger partial charge in [-0.05, 0) is 19.4 Å². The fourth-order valence-corrected chi connectivity index (χ4v) is 2.28. The molecule has 7 heteroatoms. The van der Waals surface area contributed by atoms with E-state index < -0.39 is 12.1 Å². The highest BCUT2D eigenvalue weighted by atomic mass is 16.7. The maximum Gasteiger partial charge on any atom is 0.408 e. The molecule has 1 N–H and O–H groups in total. The van der Waals surface area contributed by atoms with Crippen molar-refractivity contribution in [2.24, 2.45) is 0 Å². The van der Waals surface area contributed by atoms with E-state index >= 15 is 0 Å². The maximum atomic E-state index is 12.0. The summed E-state index contributed by atoms with van der Waals surface area (Å²) in [5.74, 6) is -0.294. The highest BCUT2D eigenvalue weighted by Crippen LogP contribution is 2.21. The van der Waals surface area contributed by atoms with E-state index in [4.69, 9.17) is 14.3 Å². The smallest absolute Gasteiger partial charge is 0.408 e. The Labute approximate surface area is 135 Å². The van der Waals surface area contributed by atoms with Gasteiger partial charge in [0.2, 0.25) is 0 Å². The lowest BCUT2D eigenvalue weighted by Crippen LogP contribution is -2.69. The van der Waals surface area contributed by atoms with Crippen LogP contribution in [0.25, 0.3) is 0 Å². The molecule has 0 radical (unpaired) electrons. The number of nitrogens with one attached hydrogen (secondary N) is 1. The number of hydrogen-bond acceptors (Lipinski definition) is 5. The second-order valence-electron chi connectivity index (χ2n) is 5.46. The molecule has 1 aromatic rings. The Morgan fingerprint density at radius 3 is 2.65 bits per heavy atom. The average Bonchev–Trinajstić information content (AvgIpc) is 2.56. The molecule has 3 atom stereocenters. The van der Waals surface area contributed by atoms with Crippen LogP contribution in [-0.4, -0.2) is 49.0 Å². The molecular weight excluding hydrogens is 300 g/mol. The minimum atomic E-state index is -0.631. The number of ether oxygens (including phenoxy) is 2. The zero-order valence-corrected chi connectivity index (χ0v) is 13.5. The van der Waals surface area contributed by atoms with E-state index in [1.807, 2.05) is 30.3 Å². The molecule has 0 aliphatic carbocycles. The molecule has 2 amide bonds. The van der Waals surface area contributed by atoms with Crippen molar-refractivity contribution >= 4 is 12.0 Å². The second-order valence-corrected chi connectivity index (χ2v) is 5.46.